The van der Waals surface area contributed by atoms with Crippen LogP contribution in [0.25, 0.3) is 0 Å². The van der Waals surface area contributed by atoms with Crippen LogP contribution in [0.2, 0.25) is 0 Å². The summed E-state index contributed by atoms with van der Waals surface area (Å²) in [5, 5.41) is 10.3. The average molecular weight is 297 g/mol. The average Bonchev–Trinajstić information content (AvgIpc) is 2.38. The molecule has 0 aliphatic heterocycles. The maximum atomic E-state index is 11.3. The van der Waals surface area contributed by atoms with E-state index in [1.807, 2.05) is 13.0 Å². The molecule has 0 saturated heterocycles. The molecule has 0 radical (unpaired) electrons. The van der Waals surface area contributed by atoms with Crippen LogP contribution in [0.3, 0.4) is 0 Å². The Balaban J connectivity index is 2.39. The summed E-state index contributed by atoms with van der Waals surface area (Å²) >= 11 is 0. The van der Waals surface area contributed by atoms with Gasteiger partial charge in [-0.05, 0) is 30.5 Å². The van der Waals surface area contributed by atoms with E-state index in [0.29, 0.717) is 13.0 Å². The van der Waals surface area contributed by atoms with Gasteiger partial charge in [0, 0.05) is 12.7 Å². The van der Waals surface area contributed by atoms with Crippen LogP contribution in [0.15, 0.2) is 41.4 Å². The van der Waals surface area contributed by atoms with Crippen molar-refractivity contribution in [2.45, 2.75) is 24.7 Å². The SMILES string of the molecule is CC/C=C/NC(=O)NCCc1ccc(S(N)(=O)=O)cc1. The minimum absolute atomic E-state index is 0.0802. The number of hydrogen-bond donors (Lipinski definition) is 3. The second kappa shape index (κ2) is 7.66. The number of rotatable bonds is 6. The topological polar surface area (TPSA) is 101 Å². The second-order valence-corrected chi connectivity index (χ2v) is 5.71. The fraction of sp³-hybridized carbons (Fsp3) is 0.308. The molecule has 0 bridgehead atoms. The van der Waals surface area contributed by atoms with Gasteiger partial charge < -0.3 is 10.6 Å². The highest BCUT2D eigenvalue weighted by Gasteiger charge is 2.06. The molecule has 1 aromatic carbocycles. The lowest BCUT2D eigenvalue weighted by atomic mass is 10.1. The molecule has 110 valence electrons. The smallest absolute Gasteiger partial charge is 0.318 e. The van der Waals surface area contributed by atoms with E-state index in [-0.39, 0.29) is 10.9 Å². The Labute approximate surface area is 119 Å². The number of primary sulfonamides is 1. The van der Waals surface area contributed by atoms with Crippen LogP contribution in [0, 0.1) is 0 Å². The number of nitrogens with one attached hydrogen (secondary N) is 2. The third-order valence-electron chi connectivity index (χ3n) is 2.52. The normalized spacial score (nSPS) is 11.5. The van der Waals surface area contributed by atoms with Gasteiger partial charge in [-0.15, -0.1) is 0 Å². The molecule has 0 unspecified atom stereocenters. The molecule has 0 heterocycles. The molecule has 0 atom stereocenters. The van der Waals surface area contributed by atoms with Crippen LogP contribution in [0.5, 0.6) is 0 Å². The summed E-state index contributed by atoms with van der Waals surface area (Å²) in [6.45, 7) is 2.43. The summed E-state index contributed by atoms with van der Waals surface area (Å²) in [7, 11) is -3.65. The highest BCUT2D eigenvalue weighted by Crippen LogP contribution is 2.08. The fourth-order valence-corrected chi connectivity index (χ4v) is 1.99. The Kier molecular flexibility index (Phi) is 6.20. The Morgan fingerprint density at radius 2 is 1.95 bits per heavy atom. The standard InChI is InChI=1S/C13H19N3O3S/c1-2-3-9-15-13(17)16-10-8-11-4-6-12(7-5-11)20(14,18)19/h3-7,9H,2,8,10H2,1H3,(H2,14,18,19)(H2,15,16,17)/b9-3+. The maximum absolute atomic E-state index is 11.3. The maximum Gasteiger partial charge on any atom is 0.318 e. The minimum Gasteiger partial charge on any atom is -0.338 e. The first-order valence-electron chi connectivity index (χ1n) is 6.24. The van der Waals surface area contributed by atoms with Crippen LogP contribution < -0.4 is 15.8 Å². The van der Waals surface area contributed by atoms with Crippen molar-refractivity contribution < 1.29 is 13.2 Å². The number of benzene rings is 1. The summed E-state index contributed by atoms with van der Waals surface area (Å²) in [6, 6.07) is 5.99. The summed E-state index contributed by atoms with van der Waals surface area (Å²) in [6.07, 6.45) is 4.90. The van der Waals surface area contributed by atoms with Crippen molar-refractivity contribution in [2.24, 2.45) is 5.14 Å². The van der Waals surface area contributed by atoms with Crippen molar-refractivity contribution >= 4 is 16.1 Å². The first kappa shape index (κ1) is 16.2. The van der Waals surface area contributed by atoms with E-state index in [1.165, 1.54) is 12.1 Å². The molecule has 0 aliphatic rings. The van der Waals surface area contributed by atoms with Crippen molar-refractivity contribution in [3.63, 3.8) is 0 Å². The van der Waals surface area contributed by atoms with Crippen LogP contribution >= 0.6 is 0 Å². The molecular weight excluding hydrogens is 278 g/mol. The molecule has 6 nitrogen and oxygen atoms in total. The molecule has 0 aliphatic carbocycles. The van der Waals surface area contributed by atoms with E-state index >= 15 is 0 Å². The van der Waals surface area contributed by atoms with Crippen LogP contribution in [-0.4, -0.2) is 21.0 Å². The Bertz CT molecular complexity index is 565. The van der Waals surface area contributed by atoms with E-state index in [2.05, 4.69) is 10.6 Å². The predicted octanol–water partition coefficient (Wildman–Crippen LogP) is 1.10. The Morgan fingerprint density at radius 1 is 1.30 bits per heavy atom. The Hall–Kier alpha value is -1.86. The van der Waals surface area contributed by atoms with Crippen molar-refractivity contribution in [2.75, 3.05) is 6.54 Å². The number of urea groups is 1. The third-order valence-corrected chi connectivity index (χ3v) is 3.45. The monoisotopic (exact) mass is 297 g/mol. The van der Waals surface area contributed by atoms with Gasteiger partial charge in [-0.1, -0.05) is 25.1 Å². The first-order valence-corrected chi connectivity index (χ1v) is 7.79. The third kappa shape index (κ3) is 5.85. The van der Waals surface area contributed by atoms with Crippen molar-refractivity contribution in [1.29, 1.82) is 0 Å². The largest absolute Gasteiger partial charge is 0.338 e. The van der Waals surface area contributed by atoms with Gasteiger partial charge >= 0.3 is 6.03 Å². The number of hydrogen-bond acceptors (Lipinski definition) is 3. The van der Waals surface area contributed by atoms with E-state index in [0.717, 1.165) is 12.0 Å². The lowest BCUT2D eigenvalue weighted by molar-refractivity contribution is 0.244. The number of carbonyl (C=O) groups excluding carboxylic acids is 1. The molecule has 7 heteroatoms. The number of carbonyl (C=O) groups is 1. The second-order valence-electron chi connectivity index (χ2n) is 4.15. The van der Waals surface area contributed by atoms with Gasteiger partial charge in [-0.25, -0.2) is 18.4 Å². The van der Waals surface area contributed by atoms with E-state index in [4.69, 9.17) is 5.14 Å². The molecule has 1 rings (SSSR count). The van der Waals surface area contributed by atoms with Crippen LogP contribution in [-0.2, 0) is 16.4 Å². The molecule has 1 aromatic rings. The van der Waals surface area contributed by atoms with E-state index in [9.17, 15) is 13.2 Å². The van der Waals surface area contributed by atoms with Gasteiger partial charge in [0.05, 0.1) is 4.90 Å². The number of nitrogens with two attached hydrogens (primary N) is 1. The van der Waals surface area contributed by atoms with Crippen LogP contribution in [0.4, 0.5) is 4.79 Å². The molecule has 0 saturated carbocycles. The lowest BCUT2D eigenvalue weighted by Gasteiger charge is -2.05. The van der Waals surface area contributed by atoms with Crippen LogP contribution in [0.1, 0.15) is 18.9 Å². The summed E-state index contributed by atoms with van der Waals surface area (Å²) in [5.41, 5.74) is 0.918. The number of sulfonamides is 1. The molecule has 0 aromatic heterocycles. The van der Waals surface area contributed by atoms with Crippen molar-refractivity contribution in [3.05, 3.63) is 42.1 Å². The Morgan fingerprint density at radius 3 is 2.50 bits per heavy atom. The molecule has 0 spiro atoms. The summed E-state index contributed by atoms with van der Waals surface area (Å²) < 4.78 is 22.2. The zero-order valence-electron chi connectivity index (χ0n) is 11.3. The highest BCUT2D eigenvalue weighted by atomic mass is 32.2. The molecule has 20 heavy (non-hydrogen) atoms. The van der Waals surface area contributed by atoms with Crippen molar-refractivity contribution in [3.8, 4) is 0 Å². The lowest BCUT2D eigenvalue weighted by Crippen LogP contribution is -2.33. The highest BCUT2D eigenvalue weighted by molar-refractivity contribution is 7.89. The van der Waals surface area contributed by atoms with Gasteiger partial charge in [0.15, 0.2) is 0 Å². The zero-order valence-corrected chi connectivity index (χ0v) is 12.1. The molecule has 4 N–H and O–H groups in total. The molecular formula is C13H19N3O3S. The van der Waals surface area contributed by atoms with Gasteiger partial charge in [-0.3, -0.25) is 0 Å². The van der Waals surface area contributed by atoms with Gasteiger partial charge in [0.2, 0.25) is 10.0 Å². The quantitative estimate of drug-likeness (QED) is 0.732. The number of allylic oxidation sites excluding steroid dienone is 1. The first-order chi connectivity index (χ1) is 9.43. The van der Waals surface area contributed by atoms with E-state index in [1.54, 1.807) is 18.3 Å². The molecule has 0 fully saturated rings. The predicted molar refractivity (Wildman–Crippen MR) is 77.5 cm³/mol. The molecule has 2 amide bonds. The summed E-state index contributed by atoms with van der Waals surface area (Å²) in [4.78, 5) is 11.4. The van der Waals surface area contributed by atoms with Gasteiger partial charge in [0.25, 0.3) is 0 Å². The van der Waals surface area contributed by atoms with Gasteiger partial charge in [0.1, 0.15) is 0 Å². The fourth-order valence-electron chi connectivity index (χ4n) is 1.47. The summed E-state index contributed by atoms with van der Waals surface area (Å²) in [5.74, 6) is 0. The minimum atomic E-state index is -3.65. The van der Waals surface area contributed by atoms with Crippen molar-refractivity contribution in [1.82, 2.24) is 10.6 Å². The number of amides is 2. The zero-order chi connectivity index (χ0) is 15.0. The van der Waals surface area contributed by atoms with E-state index < -0.39 is 10.0 Å². The van der Waals surface area contributed by atoms with Gasteiger partial charge in [-0.2, -0.15) is 0 Å².